The Labute approximate surface area is 203 Å². The predicted octanol–water partition coefficient (Wildman–Crippen LogP) is -0.257. The summed E-state index contributed by atoms with van der Waals surface area (Å²) in [6.45, 7) is 0. The average Bonchev–Trinajstić information content (AvgIpc) is 2.73. The summed E-state index contributed by atoms with van der Waals surface area (Å²) >= 11 is 0. The van der Waals surface area contributed by atoms with Crippen molar-refractivity contribution in [2.24, 2.45) is 5.10 Å². The number of carbonyl (C=O) groups is 1. The van der Waals surface area contributed by atoms with Crippen molar-refractivity contribution in [1.29, 1.82) is 0 Å². The van der Waals surface area contributed by atoms with E-state index in [1.807, 2.05) is 0 Å². The smallest absolute Gasteiger partial charge is 0.744 e. The molecule has 0 spiro atoms. The van der Waals surface area contributed by atoms with Crippen LogP contribution in [0.5, 0.6) is 5.75 Å². The molecule has 0 saturated heterocycles. The minimum Gasteiger partial charge on any atom is -0.744 e. The maximum atomic E-state index is 12.5. The Morgan fingerprint density at radius 3 is 2.44 bits per heavy atom. The molecule has 12 heteroatoms. The van der Waals surface area contributed by atoms with E-state index in [4.69, 9.17) is 0 Å². The van der Waals surface area contributed by atoms with Crippen LogP contribution in [0.1, 0.15) is 11.1 Å². The number of phenols is 1. The molecule has 0 unspecified atom stereocenters. The van der Waals surface area contributed by atoms with Crippen LogP contribution in [-0.4, -0.2) is 34.5 Å². The van der Waals surface area contributed by atoms with Crippen molar-refractivity contribution in [2.45, 2.75) is 0 Å². The normalized spacial score (nSPS) is 14.5. The van der Waals surface area contributed by atoms with Crippen LogP contribution in [0.4, 0.5) is 11.4 Å². The predicted molar refractivity (Wildman–Crippen MR) is 112 cm³/mol. The third kappa shape index (κ3) is 4.29. The number of carbonyl (C=O) groups excluding carboxylic acids is 1. The van der Waals surface area contributed by atoms with Crippen molar-refractivity contribution >= 4 is 48.7 Å². The fourth-order valence-corrected chi connectivity index (χ4v) is 3.93. The van der Waals surface area contributed by atoms with Crippen LogP contribution in [0, 0.1) is 10.1 Å². The number of fused-ring (bicyclic) bond motifs is 2. The number of hydrogen-bond donors (Lipinski definition) is 2. The van der Waals surface area contributed by atoms with Gasteiger partial charge < -0.3 is 9.66 Å². The van der Waals surface area contributed by atoms with Gasteiger partial charge in [0, 0.05) is 34.7 Å². The molecule has 0 amide bonds. The van der Waals surface area contributed by atoms with Gasteiger partial charge in [0.05, 0.1) is 15.5 Å². The summed E-state index contributed by atoms with van der Waals surface area (Å²) in [4.78, 5) is 21.9. The van der Waals surface area contributed by atoms with Crippen molar-refractivity contribution in [2.75, 3.05) is 5.43 Å². The first-order valence-electron chi connectivity index (χ1n) is 8.72. The number of anilines is 1. The maximum Gasteiger partial charge on any atom is 1.00 e. The number of nitrogens with zero attached hydrogens (tertiary/aromatic N) is 2. The molecule has 2 N–H and O–H groups in total. The molecule has 0 bridgehead atoms. The first kappa shape index (κ1) is 23.6. The number of phenolic OH excluding ortho intramolecular Hbond substituents is 1. The van der Waals surface area contributed by atoms with Gasteiger partial charge in [-0.2, -0.15) is 5.10 Å². The quantitative estimate of drug-likeness (QED) is 0.177. The molecule has 0 radical (unpaired) electrons. The number of nitro groups is 1. The molecule has 0 heterocycles. The second kappa shape index (κ2) is 8.81. The molecule has 4 rings (SSSR count). The Kier molecular flexibility index (Phi) is 6.49. The first-order valence-corrected chi connectivity index (χ1v) is 10.1. The number of hydrogen-bond acceptors (Lipinski definition) is 9. The zero-order chi connectivity index (χ0) is 22.3. The van der Waals surface area contributed by atoms with Crippen molar-refractivity contribution < 1.29 is 57.4 Å². The van der Waals surface area contributed by atoms with Gasteiger partial charge in [-0.05, 0) is 17.5 Å². The third-order valence-corrected chi connectivity index (χ3v) is 5.56. The van der Waals surface area contributed by atoms with Crippen LogP contribution >= 0.6 is 0 Å². The van der Waals surface area contributed by atoms with Gasteiger partial charge in [0.1, 0.15) is 21.6 Å². The molecular formula is C20H12N3NaO7S. The Morgan fingerprint density at radius 1 is 1.03 bits per heavy atom. The summed E-state index contributed by atoms with van der Waals surface area (Å²) in [7, 11) is -5.08. The van der Waals surface area contributed by atoms with Crippen LogP contribution in [0.25, 0.3) is 15.7 Å². The minimum atomic E-state index is -5.08. The van der Waals surface area contributed by atoms with Gasteiger partial charge in [-0.15, -0.1) is 0 Å². The summed E-state index contributed by atoms with van der Waals surface area (Å²) in [6, 6.07) is 13.4. The Hall–Kier alpha value is -3.09. The number of non-ortho nitro benzene ring substituents is 1. The van der Waals surface area contributed by atoms with E-state index in [0.717, 1.165) is 23.6 Å². The van der Waals surface area contributed by atoms with Gasteiger partial charge in [0.15, 0.2) is 0 Å². The van der Waals surface area contributed by atoms with Crippen molar-refractivity contribution in [3.63, 3.8) is 0 Å². The standard InChI is InChI=1S/C20H13N3O7S.Na/c24-17-10-18(31(28,29)30)15-9-12(23(26)27)6-7-14(15)19(17)22-21-16-8-5-11-3-1-2-4-13(11)20(16)25;/h1-10,21,25H,(H,28,29,30);/q;+1/p-1/b22-19-;. The number of allylic oxidation sites excluding steroid dienone is 1. The van der Waals surface area contributed by atoms with E-state index in [-0.39, 0.29) is 57.8 Å². The van der Waals surface area contributed by atoms with E-state index in [1.54, 1.807) is 30.3 Å². The van der Waals surface area contributed by atoms with Gasteiger partial charge >= 0.3 is 29.6 Å². The van der Waals surface area contributed by atoms with E-state index in [0.29, 0.717) is 11.5 Å². The molecule has 0 aromatic heterocycles. The number of aromatic hydroxyl groups is 1. The monoisotopic (exact) mass is 461 g/mol. The van der Waals surface area contributed by atoms with Gasteiger partial charge in [0.25, 0.3) is 5.69 Å². The third-order valence-electron chi connectivity index (χ3n) is 4.69. The maximum absolute atomic E-state index is 12.5. The molecule has 0 atom stereocenters. The number of rotatable bonds is 4. The van der Waals surface area contributed by atoms with Crippen molar-refractivity contribution in [1.82, 2.24) is 0 Å². The van der Waals surface area contributed by atoms with E-state index >= 15 is 0 Å². The average molecular weight is 461 g/mol. The largest absolute Gasteiger partial charge is 1.00 e. The molecule has 3 aromatic rings. The van der Waals surface area contributed by atoms with E-state index in [1.165, 1.54) is 6.07 Å². The number of nitro benzene ring substituents is 1. The zero-order valence-electron chi connectivity index (χ0n) is 16.5. The minimum absolute atomic E-state index is 0. The molecule has 0 aliphatic heterocycles. The summed E-state index contributed by atoms with van der Waals surface area (Å²) in [6.07, 6.45) is 0.579. The van der Waals surface area contributed by atoms with Crippen LogP contribution in [0.2, 0.25) is 0 Å². The number of benzene rings is 3. The Morgan fingerprint density at radius 2 is 1.75 bits per heavy atom. The molecule has 1 aliphatic carbocycles. The van der Waals surface area contributed by atoms with Crippen molar-refractivity contribution in [3.05, 3.63) is 81.9 Å². The van der Waals surface area contributed by atoms with Crippen molar-refractivity contribution in [3.8, 4) is 5.75 Å². The molecule has 3 aromatic carbocycles. The molecule has 0 fully saturated rings. The fourth-order valence-electron chi connectivity index (χ4n) is 3.24. The van der Waals surface area contributed by atoms with Crippen LogP contribution in [0.3, 0.4) is 0 Å². The molecule has 10 nitrogen and oxygen atoms in total. The number of ketones is 1. The summed E-state index contributed by atoms with van der Waals surface area (Å²) in [5.41, 5.74) is 1.64. The summed E-state index contributed by atoms with van der Waals surface area (Å²) in [5, 5.41) is 26.8. The van der Waals surface area contributed by atoms with Gasteiger partial charge in [-0.1, -0.05) is 30.3 Å². The first-order chi connectivity index (χ1) is 14.7. The van der Waals surface area contributed by atoms with Crippen LogP contribution in [-0.2, 0) is 14.9 Å². The van der Waals surface area contributed by atoms with E-state index in [9.17, 15) is 33.0 Å². The number of nitrogens with one attached hydrogen (secondary N) is 1. The van der Waals surface area contributed by atoms with Crippen LogP contribution in [0.15, 0.2) is 65.8 Å². The summed E-state index contributed by atoms with van der Waals surface area (Å²) < 4.78 is 34.8. The topological polar surface area (TPSA) is 162 Å². The molecular weight excluding hydrogens is 449 g/mol. The second-order valence-corrected chi connectivity index (χ2v) is 7.92. The fraction of sp³-hybridized carbons (Fsp3) is 0. The second-order valence-electron chi connectivity index (χ2n) is 6.57. The van der Waals surface area contributed by atoms with E-state index < -0.39 is 31.4 Å². The summed E-state index contributed by atoms with van der Waals surface area (Å²) in [5.74, 6) is -1.00. The Balaban J connectivity index is 0.00000289. The van der Waals surface area contributed by atoms with E-state index in [2.05, 4.69) is 10.5 Å². The van der Waals surface area contributed by atoms with Gasteiger partial charge in [-0.25, -0.2) is 8.42 Å². The molecule has 156 valence electrons. The Bertz CT molecular complexity index is 1450. The molecule has 1 aliphatic rings. The zero-order valence-corrected chi connectivity index (χ0v) is 19.3. The molecule has 32 heavy (non-hydrogen) atoms. The molecule has 0 saturated carbocycles. The van der Waals surface area contributed by atoms with Gasteiger partial charge in [0.2, 0.25) is 5.78 Å². The number of hydrazone groups is 1. The van der Waals surface area contributed by atoms with Crippen LogP contribution < -0.4 is 35.0 Å². The SMILES string of the molecule is O=C1C=C(S(=O)(=O)[O-])c2cc([N+](=O)[O-])ccc2/C1=N/Nc1ccc2ccccc2c1O.[Na+]. The van der Waals surface area contributed by atoms with Gasteiger partial charge in [-0.3, -0.25) is 20.3 Å².